The van der Waals surface area contributed by atoms with Crippen LogP contribution in [0.15, 0.2) is 53.4 Å². The predicted octanol–water partition coefficient (Wildman–Crippen LogP) is 4.52. The number of hydrogen-bond donors (Lipinski definition) is 2. The highest BCUT2D eigenvalue weighted by Crippen LogP contribution is 2.39. The topological polar surface area (TPSA) is 72.2 Å². The van der Waals surface area contributed by atoms with Crippen LogP contribution in [0.25, 0.3) is 0 Å². The Morgan fingerprint density at radius 2 is 1.72 bits per heavy atom. The molecule has 2 aromatic rings. The van der Waals surface area contributed by atoms with Gasteiger partial charge in [-0.05, 0) is 61.1 Å². The Hall–Kier alpha value is -0.820. The molecule has 1 aliphatic carbocycles. The molecule has 0 aromatic heterocycles. The van der Waals surface area contributed by atoms with Crippen LogP contribution in [0.3, 0.4) is 0 Å². The van der Waals surface area contributed by atoms with E-state index in [-0.39, 0.29) is 30.2 Å². The molecule has 0 atom stereocenters. The fourth-order valence-electron chi connectivity index (χ4n) is 3.92. The lowest BCUT2D eigenvalue weighted by Gasteiger charge is -2.40. The second kappa shape index (κ2) is 11.0. The first-order valence-corrected chi connectivity index (χ1v) is 11.6. The second-order valence-corrected chi connectivity index (χ2v) is 10.0. The van der Waals surface area contributed by atoms with Crippen molar-refractivity contribution in [2.75, 3.05) is 12.8 Å². The molecule has 0 saturated heterocycles. The molecule has 0 amide bonds. The van der Waals surface area contributed by atoms with Crippen LogP contribution < -0.4 is 11.1 Å². The number of benzene rings is 2. The monoisotopic (exact) mass is 478 g/mol. The maximum absolute atomic E-state index is 11.5. The molecular weight excluding hydrogens is 451 g/mol. The average molecular weight is 480 g/mol. The highest BCUT2D eigenvalue weighted by molar-refractivity contribution is 7.90. The standard InChI is InChI=1S/C21H27ClN2O2S.2ClH/c1-27(25,26)20-7-5-16(6-8-20)14-24-19-9-11-21(15-23,12-10-19)17-3-2-4-18(22)13-17;;/h2-8,13,19,24H,9-12,14-15,23H2,1H3;2*1H/t19-,21+;;. The summed E-state index contributed by atoms with van der Waals surface area (Å²) in [6.45, 7) is 1.37. The molecule has 4 nitrogen and oxygen atoms in total. The molecule has 0 heterocycles. The van der Waals surface area contributed by atoms with Crippen molar-refractivity contribution < 1.29 is 8.42 Å². The predicted molar refractivity (Wildman–Crippen MR) is 125 cm³/mol. The number of nitrogens with one attached hydrogen (secondary N) is 1. The van der Waals surface area contributed by atoms with E-state index < -0.39 is 9.84 Å². The van der Waals surface area contributed by atoms with Gasteiger partial charge in [0, 0.05) is 35.8 Å². The van der Waals surface area contributed by atoms with Gasteiger partial charge in [-0.15, -0.1) is 24.8 Å². The quantitative estimate of drug-likeness (QED) is 0.639. The minimum atomic E-state index is -3.14. The third-order valence-corrected chi connectivity index (χ3v) is 7.08. The Balaban J connectivity index is 0.00000210. The van der Waals surface area contributed by atoms with Crippen molar-refractivity contribution in [2.45, 2.75) is 48.6 Å². The summed E-state index contributed by atoms with van der Waals surface area (Å²) >= 11 is 6.18. The van der Waals surface area contributed by atoms with Crippen molar-refractivity contribution in [2.24, 2.45) is 5.73 Å². The summed E-state index contributed by atoms with van der Waals surface area (Å²) in [6, 6.07) is 15.6. The van der Waals surface area contributed by atoms with Gasteiger partial charge < -0.3 is 11.1 Å². The van der Waals surface area contributed by atoms with Crippen LogP contribution >= 0.6 is 36.4 Å². The Bertz CT molecular complexity index is 881. The van der Waals surface area contributed by atoms with E-state index in [2.05, 4.69) is 11.4 Å². The minimum Gasteiger partial charge on any atom is -0.330 e. The molecule has 162 valence electrons. The van der Waals surface area contributed by atoms with E-state index in [1.54, 1.807) is 12.1 Å². The van der Waals surface area contributed by atoms with Gasteiger partial charge >= 0.3 is 0 Å². The smallest absolute Gasteiger partial charge is 0.175 e. The molecular formula is C21H29Cl3N2O2S. The van der Waals surface area contributed by atoms with Gasteiger partial charge in [-0.3, -0.25) is 0 Å². The first-order chi connectivity index (χ1) is 12.8. The van der Waals surface area contributed by atoms with Gasteiger partial charge in [0.05, 0.1) is 4.90 Å². The lowest BCUT2D eigenvalue weighted by Crippen LogP contribution is -2.43. The number of sulfone groups is 1. The molecule has 29 heavy (non-hydrogen) atoms. The van der Waals surface area contributed by atoms with Crippen molar-refractivity contribution in [1.82, 2.24) is 5.32 Å². The average Bonchev–Trinajstić information content (AvgIpc) is 2.66. The SMILES string of the molecule is CS(=O)(=O)c1ccc(CN[C@H]2CC[C@@](CN)(c3cccc(Cl)c3)CC2)cc1.Cl.Cl. The van der Waals surface area contributed by atoms with Crippen molar-refractivity contribution >= 4 is 46.3 Å². The van der Waals surface area contributed by atoms with E-state index in [0.29, 0.717) is 17.5 Å². The molecule has 1 aliphatic rings. The Morgan fingerprint density at radius 3 is 2.24 bits per heavy atom. The Kier molecular flexibility index (Phi) is 9.93. The van der Waals surface area contributed by atoms with E-state index in [1.807, 2.05) is 30.3 Å². The summed E-state index contributed by atoms with van der Waals surface area (Å²) in [6.07, 6.45) is 5.42. The van der Waals surface area contributed by atoms with Crippen LogP contribution in [0.2, 0.25) is 5.02 Å². The molecule has 2 aromatic carbocycles. The lowest BCUT2D eigenvalue weighted by atomic mass is 9.68. The van der Waals surface area contributed by atoms with E-state index in [9.17, 15) is 8.42 Å². The highest BCUT2D eigenvalue weighted by Gasteiger charge is 2.35. The van der Waals surface area contributed by atoms with Crippen LogP contribution in [-0.2, 0) is 21.8 Å². The van der Waals surface area contributed by atoms with Crippen molar-refractivity contribution in [3.8, 4) is 0 Å². The molecule has 0 bridgehead atoms. The van der Waals surface area contributed by atoms with E-state index in [0.717, 1.165) is 42.8 Å². The van der Waals surface area contributed by atoms with Crippen LogP contribution in [0.4, 0.5) is 0 Å². The first-order valence-electron chi connectivity index (χ1n) is 9.31. The number of hydrogen-bond acceptors (Lipinski definition) is 4. The zero-order valence-electron chi connectivity index (χ0n) is 16.4. The molecule has 8 heteroatoms. The zero-order valence-corrected chi connectivity index (χ0v) is 19.6. The normalized spacial score (nSPS) is 21.7. The van der Waals surface area contributed by atoms with Gasteiger partial charge in [-0.1, -0.05) is 35.9 Å². The molecule has 3 N–H and O–H groups in total. The Morgan fingerprint density at radius 1 is 1.10 bits per heavy atom. The van der Waals surface area contributed by atoms with Gasteiger partial charge in [-0.25, -0.2) is 8.42 Å². The van der Waals surface area contributed by atoms with Gasteiger partial charge in [0.25, 0.3) is 0 Å². The number of nitrogens with two attached hydrogens (primary N) is 1. The third-order valence-electron chi connectivity index (χ3n) is 5.72. The van der Waals surface area contributed by atoms with Crippen LogP contribution in [0.1, 0.15) is 36.8 Å². The largest absolute Gasteiger partial charge is 0.330 e. The van der Waals surface area contributed by atoms with E-state index >= 15 is 0 Å². The maximum Gasteiger partial charge on any atom is 0.175 e. The molecule has 3 rings (SSSR count). The summed E-state index contributed by atoms with van der Waals surface area (Å²) in [5, 5.41) is 4.37. The molecule has 1 fully saturated rings. The van der Waals surface area contributed by atoms with Gasteiger partial charge in [0.2, 0.25) is 0 Å². The highest BCUT2D eigenvalue weighted by atomic mass is 35.5. The summed E-state index contributed by atoms with van der Waals surface area (Å²) in [7, 11) is -3.14. The summed E-state index contributed by atoms with van der Waals surface area (Å²) in [4.78, 5) is 0.359. The summed E-state index contributed by atoms with van der Waals surface area (Å²) in [5.74, 6) is 0. The molecule has 0 aliphatic heterocycles. The molecule has 0 unspecified atom stereocenters. The summed E-state index contributed by atoms with van der Waals surface area (Å²) < 4.78 is 23.1. The van der Waals surface area contributed by atoms with Gasteiger partial charge in [0.15, 0.2) is 9.84 Å². The van der Waals surface area contributed by atoms with E-state index in [1.165, 1.54) is 11.8 Å². The fraction of sp³-hybridized carbons (Fsp3) is 0.429. The third kappa shape index (κ3) is 6.58. The number of halogens is 3. The first kappa shape index (κ1) is 26.2. The number of rotatable bonds is 6. The van der Waals surface area contributed by atoms with Crippen LogP contribution in [0, 0.1) is 0 Å². The maximum atomic E-state index is 11.5. The lowest BCUT2D eigenvalue weighted by molar-refractivity contribution is 0.251. The molecule has 0 radical (unpaired) electrons. The van der Waals surface area contributed by atoms with Crippen molar-refractivity contribution in [1.29, 1.82) is 0 Å². The zero-order chi connectivity index (χ0) is 19.5. The fourth-order valence-corrected chi connectivity index (χ4v) is 4.74. The van der Waals surface area contributed by atoms with Crippen molar-refractivity contribution in [3.05, 3.63) is 64.7 Å². The summed E-state index contributed by atoms with van der Waals surface area (Å²) in [5.41, 5.74) is 8.52. The second-order valence-electron chi connectivity index (χ2n) is 7.57. The van der Waals surface area contributed by atoms with Crippen LogP contribution in [-0.4, -0.2) is 27.3 Å². The molecule has 1 saturated carbocycles. The van der Waals surface area contributed by atoms with Gasteiger partial charge in [0.1, 0.15) is 0 Å². The van der Waals surface area contributed by atoms with Crippen LogP contribution in [0.5, 0.6) is 0 Å². The minimum absolute atomic E-state index is 0. The Labute approximate surface area is 191 Å². The van der Waals surface area contributed by atoms with E-state index in [4.69, 9.17) is 17.3 Å². The van der Waals surface area contributed by atoms with Gasteiger partial charge in [-0.2, -0.15) is 0 Å². The molecule has 0 spiro atoms. The van der Waals surface area contributed by atoms with Crippen molar-refractivity contribution in [3.63, 3.8) is 0 Å².